The molecule has 6 heteroatoms. The predicted octanol–water partition coefficient (Wildman–Crippen LogP) is 3.30. The second kappa shape index (κ2) is 7.15. The Morgan fingerprint density at radius 3 is 2.30 bits per heavy atom. The van der Waals surface area contributed by atoms with Crippen molar-refractivity contribution in [2.45, 2.75) is 0 Å². The third kappa shape index (κ3) is 4.02. The van der Waals surface area contributed by atoms with Gasteiger partial charge in [0.05, 0.1) is 12.7 Å². The van der Waals surface area contributed by atoms with Gasteiger partial charge in [-0.2, -0.15) is 0 Å². The largest absolute Gasteiger partial charge is 0.496 e. The summed E-state index contributed by atoms with van der Waals surface area (Å²) in [7, 11) is 4.86. The van der Waals surface area contributed by atoms with Crippen LogP contribution in [-0.4, -0.2) is 37.9 Å². The second-order valence-corrected chi connectivity index (χ2v) is 5.51. The maximum absolute atomic E-state index is 12.3. The van der Waals surface area contributed by atoms with Gasteiger partial charge in [0, 0.05) is 30.4 Å². The van der Waals surface area contributed by atoms with Crippen LogP contribution in [0.15, 0.2) is 42.5 Å². The van der Waals surface area contributed by atoms with E-state index in [1.807, 2.05) is 0 Å². The molecule has 0 spiro atoms. The Bertz CT molecular complexity index is 727. The first kappa shape index (κ1) is 16.8. The molecule has 5 nitrogen and oxygen atoms in total. The number of carbonyl (C=O) groups is 2. The highest BCUT2D eigenvalue weighted by molar-refractivity contribution is 6.31. The topological polar surface area (TPSA) is 58.6 Å². The molecule has 0 radical (unpaired) electrons. The highest BCUT2D eigenvalue weighted by Crippen LogP contribution is 2.23. The minimum absolute atomic E-state index is 0.0978. The van der Waals surface area contributed by atoms with Crippen molar-refractivity contribution in [1.29, 1.82) is 0 Å². The molecule has 0 heterocycles. The zero-order valence-electron chi connectivity index (χ0n) is 13.1. The van der Waals surface area contributed by atoms with E-state index in [0.717, 1.165) is 0 Å². The van der Waals surface area contributed by atoms with Gasteiger partial charge in [0.25, 0.3) is 11.8 Å². The van der Waals surface area contributed by atoms with E-state index in [1.54, 1.807) is 56.6 Å². The summed E-state index contributed by atoms with van der Waals surface area (Å²) in [5, 5.41) is 3.20. The standard InChI is InChI=1S/C17H17ClN2O3/c1-20(2)17(22)11-4-7-13(8-5-11)19-16(21)14-10-12(18)6-9-15(14)23-3/h4-10H,1-3H3,(H,19,21). The molecule has 0 aliphatic rings. The van der Waals surface area contributed by atoms with Gasteiger partial charge in [-0.1, -0.05) is 11.6 Å². The van der Waals surface area contributed by atoms with Crippen LogP contribution in [-0.2, 0) is 0 Å². The lowest BCUT2D eigenvalue weighted by Gasteiger charge is -2.12. The Morgan fingerprint density at radius 1 is 1.09 bits per heavy atom. The average Bonchev–Trinajstić information content (AvgIpc) is 2.54. The Balaban J connectivity index is 2.18. The van der Waals surface area contributed by atoms with Gasteiger partial charge in [0.15, 0.2) is 0 Å². The van der Waals surface area contributed by atoms with Crippen LogP contribution >= 0.6 is 11.6 Å². The number of nitrogens with one attached hydrogen (secondary N) is 1. The molecular formula is C17H17ClN2O3. The molecule has 0 fully saturated rings. The van der Waals surface area contributed by atoms with Crippen LogP contribution in [0.5, 0.6) is 5.75 Å². The second-order valence-electron chi connectivity index (χ2n) is 5.08. The van der Waals surface area contributed by atoms with Gasteiger partial charge >= 0.3 is 0 Å². The quantitative estimate of drug-likeness (QED) is 0.934. The number of carbonyl (C=O) groups excluding carboxylic acids is 2. The van der Waals surface area contributed by atoms with Crippen LogP contribution in [0.1, 0.15) is 20.7 Å². The molecule has 0 aliphatic carbocycles. The number of hydrogen-bond acceptors (Lipinski definition) is 3. The molecule has 0 aliphatic heterocycles. The number of rotatable bonds is 4. The lowest BCUT2D eigenvalue weighted by Crippen LogP contribution is -2.21. The fraction of sp³-hybridized carbons (Fsp3) is 0.176. The number of amides is 2. The number of hydrogen-bond donors (Lipinski definition) is 1. The van der Waals surface area contributed by atoms with Crippen LogP contribution in [0.25, 0.3) is 0 Å². The SMILES string of the molecule is COc1ccc(Cl)cc1C(=O)Nc1ccc(C(=O)N(C)C)cc1. The van der Waals surface area contributed by atoms with Crippen molar-refractivity contribution in [2.24, 2.45) is 0 Å². The summed E-state index contributed by atoms with van der Waals surface area (Å²) in [6.45, 7) is 0. The maximum Gasteiger partial charge on any atom is 0.259 e. The summed E-state index contributed by atoms with van der Waals surface area (Å²) in [5.41, 5.74) is 1.47. The molecule has 120 valence electrons. The lowest BCUT2D eigenvalue weighted by atomic mass is 10.1. The summed E-state index contributed by atoms with van der Waals surface area (Å²) in [5.74, 6) is 0.00160. The van der Waals surface area contributed by atoms with Crippen LogP contribution in [0, 0.1) is 0 Å². The Morgan fingerprint density at radius 2 is 1.74 bits per heavy atom. The highest BCUT2D eigenvalue weighted by atomic mass is 35.5. The van der Waals surface area contributed by atoms with Gasteiger partial charge in [-0.25, -0.2) is 0 Å². The minimum atomic E-state index is -0.337. The van der Waals surface area contributed by atoms with Crippen LogP contribution in [0.3, 0.4) is 0 Å². The highest BCUT2D eigenvalue weighted by Gasteiger charge is 2.14. The fourth-order valence-corrected chi connectivity index (χ4v) is 2.18. The number of benzene rings is 2. The Labute approximate surface area is 139 Å². The van der Waals surface area contributed by atoms with Crippen molar-refractivity contribution in [1.82, 2.24) is 4.90 Å². The molecule has 0 saturated carbocycles. The zero-order valence-corrected chi connectivity index (χ0v) is 13.8. The molecule has 2 aromatic rings. The first-order valence-electron chi connectivity index (χ1n) is 6.89. The first-order valence-corrected chi connectivity index (χ1v) is 7.27. The normalized spacial score (nSPS) is 10.1. The predicted molar refractivity (Wildman–Crippen MR) is 90.4 cm³/mol. The molecule has 2 rings (SSSR count). The van der Waals surface area contributed by atoms with Crippen molar-refractivity contribution >= 4 is 29.1 Å². The third-order valence-electron chi connectivity index (χ3n) is 3.20. The number of anilines is 1. The molecule has 0 unspecified atom stereocenters. The summed E-state index contributed by atoms with van der Waals surface area (Å²) in [6.07, 6.45) is 0. The Hall–Kier alpha value is -2.53. The van der Waals surface area contributed by atoms with E-state index < -0.39 is 0 Å². The van der Waals surface area contributed by atoms with E-state index in [-0.39, 0.29) is 11.8 Å². The van der Waals surface area contributed by atoms with Crippen molar-refractivity contribution in [2.75, 3.05) is 26.5 Å². The average molecular weight is 333 g/mol. The van der Waals surface area contributed by atoms with E-state index in [2.05, 4.69) is 5.32 Å². The molecule has 23 heavy (non-hydrogen) atoms. The summed E-state index contributed by atoms with van der Waals surface area (Å²) in [4.78, 5) is 25.7. The van der Waals surface area contributed by atoms with Gasteiger partial charge in [-0.15, -0.1) is 0 Å². The van der Waals surface area contributed by atoms with Crippen molar-refractivity contribution in [3.63, 3.8) is 0 Å². The van der Waals surface area contributed by atoms with Crippen molar-refractivity contribution in [3.05, 3.63) is 58.6 Å². The minimum Gasteiger partial charge on any atom is -0.496 e. The number of methoxy groups -OCH3 is 1. The van der Waals surface area contributed by atoms with E-state index in [1.165, 1.54) is 12.0 Å². The molecule has 1 N–H and O–H groups in total. The van der Waals surface area contributed by atoms with Crippen molar-refractivity contribution < 1.29 is 14.3 Å². The molecule has 0 bridgehead atoms. The fourth-order valence-electron chi connectivity index (χ4n) is 2.01. The van der Waals surface area contributed by atoms with Crippen LogP contribution in [0.4, 0.5) is 5.69 Å². The summed E-state index contributed by atoms with van der Waals surface area (Å²) < 4.78 is 5.17. The molecular weight excluding hydrogens is 316 g/mol. The molecule has 0 aromatic heterocycles. The van der Waals surface area contributed by atoms with Gasteiger partial charge in [0.1, 0.15) is 5.75 Å². The monoisotopic (exact) mass is 332 g/mol. The van der Waals surface area contributed by atoms with Crippen LogP contribution in [0.2, 0.25) is 5.02 Å². The first-order chi connectivity index (χ1) is 10.9. The van der Waals surface area contributed by atoms with Gasteiger partial charge in [0.2, 0.25) is 0 Å². The van der Waals surface area contributed by atoms with E-state index in [4.69, 9.17) is 16.3 Å². The lowest BCUT2D eigenvalue weighted by molar-refractivity contribution is 0.0827. The zero-order chi connectivity index (χ0) is 17.0. The molecule has 0 saturated heterocycles. The molecule has 2 aromatic carbocycles. The van der Waals surface area contributed by atoms with Gasteiger partial charge in [-0.3, -0.25) is 9.59 Å². The van der Waals surface area contributed by atoms with Crippen LogP contribution < -0.4 is 10.1 Å². The number of nitrogens with zero attached hydrogens (tertiary/aromatic N) is 1. The smallest absolute Gasteiger partial charge is 0.259 e. The number of halogens is 1. The maximum atomic E-state index is 12.3. The Kier molecular flexibility index (Phi) is 5.24. The van der Waals surface area contributed by atoms with Crippen molar-refractivity contribution in [3.8, 4) is 5.75 Å². The van der Waals surface area contributed by atoms with Gasteiger partial charge in [-0.05, 0) is 42.5 Å². The van der Waals surface area contributed by atoms with E-state index in [9.17, 15) is 9.59 Å². The van der Waals surface area contributed by atoms with Gasteiger partial charge < -0.3 is 15.0 Å². The van der Waals surface area contributed by atoms with E-state index >= 15 is 0 Å². The summed E-state index contributed by atoms with van der Waals surface area (Å²) >= 11 is 5.93. The molecule has 2 amide bonds. The summed E-state index contributed by atoms with van der Waals surface area (Å²) in [6, 6.07) is 11.5. The number of ether oxygens (including phenoxy) is 1. The molecule has 0 atom stereocenters. The third-order valence-corrected chi connectivity index (χ3v) is 3.44. The van der Waals surface area contributed by atoms with E-state index in [0.29, 0.717) is 27.6 Å².